The van der Waals surface area contributed by atoms with E-state index in [0.29, 0.717) is 0 Å². The summed E-state index contributed by atoms with van der Waals surface area (Å²) < 4.78 is 0. The Morgan fingerprint density at radius 3 is 2.25 bits per heavy atom. The van der Waals surface area contributed by atoms with E-state index in [4.69, 9.17) is 9.90 Å². The molecule has 0 amide bonds. The fourth-order valence-corrected chi connectivity index (χ4v) is 0.244. The van der Waals surface area contributed by atoms with Gasteiger partial charge in [-0.2, -0.15) is 4.99 Å². The maximum atomic E-state index is 9.53. The zero-order valence-electron chi connectivity index (χ0n) is 6.95. The zero-order chi connectivity index (χ0) is 9.82. The second-order valence-electron chi connectivity index (χ2n) is 1.86. The maximum absolute atomic E-state index is 9.53. The fraction of sp³-hybridized carbons (Fsp3) is 0.714. The Morgan fingerprint density at radius 1 is 1.58 bits per heavy atom. The molecule has 5 heteroatoms. The first-order valence-corrected chi connectivity index (χ1v) is 3.52. The average Bonchev–Trinajstić information content (AvgIpc) is 2.03. The predicted octanol–water partition coefficient (Wildman–Crippen LogP) is 0.624. The van der Waals surface area contributed by atoms with Crippen LogP contribution in [-0.2, 0) is 14.7 Å². The number of carbonyl (C=O) groups is 1. The molecule has 0 aliphatic carbocycles. The molecule has 1 radical (unpaired) electrons. The van der Waals surface area contributed by atoms with Gasteiger partial charge in [0, 0.05) is 0 Å². The third-order valence-corrected chi connectivity index (χ3v) is 0.777. The topological polar surface area (TPSA) is 86.6 Å². The van der Waals surface area contributed by atoms with E-state index in [2.05, 4.69) is 4.99 Å². The number of carboxylic acid groups (broad SMARTS) is 1. The third-order valence-electron chi connectivity index (χ3n) is 0.777. The molecule has 0 aromatic carbocycles. The number of hydrogen-bond donors (Lipinski definition) is 1. The van der Waals surface area contributed by atoms with E-state index in [1.807, 2.05) is 6.92 Å². The van der Waals surface area contributed by atoms with Crippen molar-refractivity contribution in [3.8, 4) is 0 Å². The Bertz CT molecular complexity index is 149. The summed E-state index contributed by atoms with van der Waals surface area (Å²) in [6.45, 7) is 1.62. The second kappa shape index (κ2) is 12.5. The summed E-state index contributed by atoms with van der Waals surface area (Å²) in [7, 11) is 0. The van der Waals surface area contributed by atoms with Crippen molar-refractivity contribution in [3.63, 3.8) is 0 Å². The van der Waals surface area contributed by atoms with E-state index < -0.39 is 12.5 Å². The van der Waals surface area contributed by atoms with Crippen LogP contribution in [0.15, 0.2) is 4.99 Å². The number of unbranched alkanes of at least 4 members (excludes halogenated alkanes) is 1. The van der Waals surface area contributed by atoms with Crippen molar-refractivity contribution in [1.29, 1.82) is 0 Å². The highest BCUT2D eigenvalue weighted by Crippen LogP contribution is 1.79. The molecule has 0 rings (SSSR count). The third kappa shape index (κ3) is 23.2. The molecule has 12 heavy (non-hydrogen) atoms. The molecule has 0 atom stereocenters. The van der Waals surface area contributed by atoms with E-state index in [1.54, 1.807) is 0 Å². The monoisotopic (exact) mass is 174 g/mol. The van der Waals surface area contributed by atoms with E-state index in [1.165, 1.54) is 0 Å². The van der Waals surface area contributed by atoms with Crippen LogP contribution in [0, 0.1) is 0 Å². The van der Waals surface area contributed by atoms with Crippen molar-refractivity contribution in [2.24, 2.45) is 4.99 Å². The highest BCUT2D eigenvalue weighted by molar-refractivity contribution is 5.70. The summed E-state index contributed by atoms with van der Waals surface area (Å²) in [5, 5.41) is 17.3. The highest BCUT2D eigenvalue weighted by atomic mass is 16.4. The fourth-order valence-electron chi connectivity index (χ4n) is 0.244. The molecule has 0 saturated carbocycles. The van der Waals surface area contributed by atoms with Crippen molar-refractivity contribution in [2.75, 3.05) is 13.2 Å². The lowest BCUT2D eigenvalue weighted by atomic mass is 10.4. The molecule has 0 aliphatic rings. The van der Waals surface area contributed by atoms with Crippen LogP contribution < -0.4 is 0 Å². The van der Waals surface area contributed by atoms with Gasteiger partial charge in [-0.3, -0.25) is 4.79 Å². The van der Waals surface area contributed by atoms with Crippen LogP contribution in [-0.4, -0.2) is 30.3 Å². The number of carbonyl (C=O) groups excluding carboxylic acids is 1. The molecular formula is C7H12NO4. The average molecular weight is 174 g/mol. The Labute approximate surface area is 70.7 Å². The molecule has 0 bridgehead atoms. The minimum absolute atomic E-state index is 0.0938. The summed E-state index contributed by atoms with van der Waals surface area (Å²) >= 11 is 0. The van der Waals surface area contributed by atoms with E-state index in [0.717, 1.165) is 18.9 Å². The van der Waals surface area contributed by atoms with Gasteiger partial charge < -0.3 is 5.11 Å². The lowest BCUT2D eigenvalue weighted by molar-refractivity contribution is -0.135. The SMILES string of the molecule is CCCC[O].O=C=NCC(=O)O. The quantitative estimate of drug-likeness (QED) is 0.500. The Kier molecular flexibility index (Phi) is 13.9. The molecule has 0 fully saturated rings. The van der Waals surface area contributed by atoms with E-state index in [9.17, 15) is 9.90 Å². The molecule has 1 N–H and O–H groups in total. The largest absolute Gasteiger partial charge is 0.480 e. The van der Waals surface area contributed by atoms with Gasteiger partial charge in [0.1, 0.15) is 6.54 Å². The molecule has 69 valence electrons. The smallest absolute Gasteiger partial charge is 0.326 e. The van der Waals surface area contributed by atoms with Gasteiger partial charge in [-0.1, -0.05) is 13.3 Å². The van der Waals surface area contributed by atoms with Crippen molar-refractivity contribution in [2.45, 2.75) is 19.8 Å². The van der Waals surface area contributed by atoms with Gasteiger partial charge in [0.2, 0.25) is 6.08 Å². The lowest BCUT2D eigenvalue weighted by Gasteiger charge is -1.76. The zero-order valence-corrected chi connectivity index (χ0v) is 6.95. The van der Waals surface area contributed by atoms with Gasteiger partial charge >= 0.3 is 5.97 Å². The van der Waals surface area contributed by atoms with Gasteiger partial charge in [0.15, 0.2) is 0 Å². The number of hydrogen-bond acceptors (Lipinski definition) is 3. The van der Waals surface area contributed by atoms with Crippen LogP contribution in [0.4, 0.5) is 0 Å². The molecule has 0 aromatic heterocycles. The normalized spacial score (nSPS) is 7.50. The first-order chi connectivity index (χ1) is 5.68. The summed E-state index contributed by atoms with van der Waals surface area (Å²) in [5.41, 5.74) is 0. The molecule has 0 saturated heterocycles. The first kappa shape index (κ1) is 13.4. The molecule has 0 spiro atoms. The van der Waals surface area contributed by atoms with Gasteiger partial charge in [0.25, 0.3) is 0 Å². The standard InChI is InChI=1S/C4H9O.C3H3NO3/c1-2-3-4-5;5-2-4-1-3(6)7/h2-4H2,1H3;1H2,(H,6,7). The van der Waals surface area contributed by atoms with Crippen molar-refractivity contribution < 1.29 is 19.8 Å². The number of carboxylic acids is 1. The van der Waals surface area contributed by atoms with Gasteiger partial charge in [-0.15, -0.1) is 0 Å². The van der Waals surface area contributed by atoms with Crippen LogP contribution >= 0.6 is 0 Å². The Balaban J connectivity index is 0. The molecule has 5 nitrogen and oxygen atoms in total. The van der Waals surface area contributed by atoms with Crippen LogP contribution in [0.5, 0.6) is 0 Å². The van der Waals surface area contributed by atoms with Gasteiger partial charge in [0.05, 0.1) is 6.61 Å². The number of rotatable bonds is 4. The first-order valence-electron chi connectivity index (χ1n) is 3.52. The number of aliphatic carboxylic acids is 1. The minimum atomic E-state index is -1.12. The number of nitrogens with zero attached hydrogens (tertiary/aromatic N) is 1. The van der Waals surface area contributed by atoms with Crippen LogP contribution in [0.25, 0.3) is 0 Å². The van der Waals surface area contributed by atoms with E-state index in [-0.39, 0.29) is 6.61 Å². The van der Waals surface area contributed by atoms with Crippen LogP contribution in [0.2, 0.25) is 0 Å². The minimum Gasteiger partial charge on any atom is -0.480 e. The van der Waals surface area contributed by atoms with Crippen molar-refractivity contribution in [1.82, 2.24) is 0 Å². The molecular weight excluding hydrogens is 162 g/mol. The number of isocyanates is 1. The van der Waals surface area contributed by atoms with Gasteiger partial charge in [-0.05, 0) is 6.42 Å². The maximum Gasteiger partial charge on any atom is 0.326 e. The number of aliphatic imine (C=N–C) groups is 1. The summed E-state index contributed by atoms with van der Waals surface area (Å²) in [5.74, 6) is -1.12. The Morgan fingerprint density at radius 2 is 2.17 bits per heavy atom. The summed E-state index contributed by atoms with van der Waals surface area (Å²) in [4.78, 5) is 21.4. The highest BCUT2D eigenvalue weighted by Gasteiger charge is 1.87. The summed E-state index contributed by atoms with van der Waals surface area (Å²) in [6, 6.07) is 0. The molecule has 0 aliphatic heterocycles. The lowest BCUT2D eigenvalue weighted by Crippen LogP contribution is -1.97. The Hall–Kier alpha value is -1.19. The van der Waals surface area contributed by atoms with Crippen molar-refractivity contribution in [3.05, 3.63) is 0 Å². The second-order valence-corrected chi connectivity index (χ2v) is 1.86. The molecule has 0 unspecified atom stereocenters. The predicted molar refractivity (Wildman–Crippen MR) is 41.1 cm³/mol. The van der Waals surface area contributed by atoms with Crippen LogP contribution in [0.3, 0.4) is 0 Å². The van der Waals surface area contributed by atoms with E-state index >= 15 is 0 Å². The van der Waals surface area contributed by atoms with Crippen LogP contribution in [0.1, 0.15) is 19.8 Å². The summed E-state index contributed by atoms with van der Waals surface area (Å²) in [6.07, 6.45) is 2.96. The molecule has 0 heterocycles. The molecule has 0 aromatic rings. The van der Waals surface area contributed by atoms with Crippen molar-refractivity contribution >= 4 is 12.0 Å². The van der Waals surface area contributed by atoms with Gasteiger partial charge in [-0.25, -0.2) is 9.90 Å².